The van der Waals surface area contributed by atoms with Crippen molar-refractivity contribution in [2.45, 2.75) is 6.54 Å². The maximum absolute atomic E-state index is 11.9. The summed E-state index contributed by atoms with van der Waals surface area (Å²) in [7, 11) is 1.60. The Bertz CT molecular complexity index is 770. The van der Waals surface area contributed by atoms with Crippen molar-refractivity contribution in [2.24, 2.45) is 0 Å². The quantitative estimate of drug-likeness (QED) is 0.777. The van der Waals surface area contributed by atoms with Gasteiger partial charge in [0.2, 0.25) is 5.95 Å². The molecule has 0 fully saturated rings. The molecule has 2 aromatic heterocycles. The van der Waals surface area contributed by atoms with Gasteiger partial charge in [-0.05, 0) is 17.0 Å². The zero-order valence-electron chi connectivity index (χ0n) is 11.5. The Labute approximate surface area is 126 Å². The van der Waals surface area contributed by atoms with E-state index in [1.54, 1.807) is 7.05 Å². The number of carbonyl (C=O) groups is 1. The van der Waals surface area contributed by atoms with Gasteiger partial charge in [-0.2, -0.15) is 0 Å². The minimum absolute atomic E-state index is 0.201. The number of hydrogen-bond acceptors (Lipinski definition) is 5. The monoisotopic (exact) mass is 298 g/mol. The number of nitrogens with one attached hydrogen (secondary N) is 2. The number of rotatable bonds is 4. The summed E-state index contributed by atoms with van der Waals surface area (Å²) in [6.45, 7) is 0.615. The van der Waals surface area contributed by atoms with Crippen molar-refractivity contribution in [3.05, 3.63) is 53.0 Å². The standard InChI is InChI=1S/C15H14N4OS/c1-16-14(20)12-13-11(7-8-21-13)18-15(19-12)17-9-10-5-3-2-4-6-10/h2-8H,9H2,1H3,(H,16,20)(H,17,18,19). The first-order valence-corrected chi connectivity index (χ1v) is 7.41. The normalized spacial score (nSPS) is 10.5. The predicted molar refractivity (Wildman–Crippen MR) is 84.6 cm³/mol. The largest absolute Gasteiger partial charge is 0.354 e. The number of amides is 1. The van der Waals surface area contributed by atoms with Crippen LogP contribution in [0, 0.1) is 0 Å². The second kappa shape index (κ2) is 5.88. The maximum Gasteiger partial charge on any atom is 0.271 e. The van der Waals surface area contributed by atoms with Crippen molar-refractivity contribution in [3.63, 3.8) is 0 Å². The summed E-state index contributed by atoms with van der Waals surface area (Å²) >= 11 is 1.47. The first-order valence-electron chi connectivity index (χ1n) is 6.53. The van der Waals surface area contributed by atoms with Crippen LogP contribution < -0.4 is 10.6 Å². The molecule has 0 spiro atoms. The Morgan fingerprint density at radius 1 is 1.19 bits per heavy atom. The van der Waals surface area contributed by atoms with Gasteiger partial charge in [-0.15, -0.1) is 11.3 Å². The zero-order valence-corrected chi connectivity index (χ0v) is 12.3. The minimum Gasteiger partial charge on any atom is -0.354 e. The smallest absolute Gasteiger partial charge is 0.271 e. The molecule has 0 atom stereocenters. The molecule has 2 heterocycles. The van der Waals surface area contributed by atoms with Crippen molar-refractivity contribution in [1.82, 2.24) is 15.3 Å². The van der Waals surface area contributed by atoms with E-state index >= 15 is 0 Å². The average Bonchev–Trinajstić information content (AvgIpc) is 3.00. The second-order valence-electron chi connectivity index (χ2n) is 4.45. The Kier molecular flexibility index (Phi) is 3.79. The van der Waals surface area contributed by atoms with Crippen molar-refractivity contribution in [3.8, 4) is 0 Å². The van der Waals surface area contributed by atoms with Gasteiger partial charge in [0.25, 0.3) is 5.91 Å². The SMILES string of the molecule is CNC(=O)c1nc(NCc2ccccc2)nc2ccsc12. The molecular weight excluding hydrogens is 284 g/mol. The van der Waals surface area contributed by atoms with Crippen LogP contribution in [0.2, 0.25) is 0 Å². The molecule has 21 heavy (non-hydrogen) atoms. The number of hydrogen-bond donors (Lipinski definition) is 2. The Balaban J connectivity index is 1.90. The number of benzene rings is 1. The van der Waals surface area contributed by atoms with Gasteiger partial charge in [0.15, 0.2) is 5.69 Å². The predicted octanol–water partition coefficient (Wildman–Crippen LogP) is 2.66. The fraction of sp³-hybridized carbons (Fsp3) is 0.133. The van der Waals surface area contributed by atoms with Crippen LogP contribution in [0.25, 0.3) is 10.2 Å². The van der Waals surface area contributed by atoms with Crippen molar-refractivity contribution < 1.29 is 4.79 Å². The van der Waals surface area contributed by atoms with Crippen molar-refractivity contribution in [2.75, 3.05) is 12.4 Å². The van der Waals surface area contributed by atoms with E-state index in [9.17, 15) is 4.79 Å². The second-order valence-corrected chi connectivity index (χ2v) is 5.37. The summed E-state index contributed by atoms with van der Waals surface area (Å²) < 4.78 is 0.805. The van der Waals surface area contributed by atoms with Crippen LogP contribution in [0.3, 0.4) is 0 Å². The number of nitrogens with zero attached hydrogens (tertiary/aromatic N) is 2. The Morgan fingerprint density at radius 3 is 2.76 bits per heavy atom. The van der Waals surface area contributed by atoms with Crippen LogP contribution in [0.1, 0.15) is 16.1 Å². The minimum atomic E-state index is -0.201. The molecule has 0 aliphatic rings. The van der Waals surface area contributed by atoms with Gasteiger partial charge < -0.3 is 10.6 Å². The van der Waals surface area contributed by atoms with Gasteiger partial charge in [-0.25, -0.2) is 9.97 Å². The first-order chi connectivity index (χ1) is 10.3. The van der Waals surface area contributed by atoms with Gasteiger partial charge in [0.05, 0.1) is 10.2 Å². The topological polar surface area (TPSA) is 66.9 Å². The number of fused-ring (bicyclic) bond motifs is 1. The summed E-state index contributed by atoms with van der Waals surface area (Å²) in [5.74, 6) is 0.260. The number of carbonyl (C=O) groups excluding carboxylic acids is 1. The summed E-state index contributed by atoms with van der Waals surface area (Å²) in [5.41, 5.74) is 2.32. The summed E-state index contributed by atoms with van der Waals surface area (Å²) in [4.78, 5) is 20.7. The third kappa shape index (κ3) is 2.85. The van der Waals surface area contributed by atoms with Crippen LogP contribution in [-0.2, 0) is 6.54 Å². The van der Waals surface area contributed by atoms with Crippen molar-refractivity contribution in [1.29, 1.82) is 0 Å². The lowest BCUT2D eigenvalue weighted by atomic mass is 10.2. The molecule has 0 unspecified atom stereocenters. The molecule has 6 heteroatoms. The molecule has 3 aromatic rings. The molecule has 0 saturated carbocycles. The lowest BCUT2D eigenvalue weighted by Gasteiger charge is -2.07. The highest BCUT2D eigenvalue weighted by Crippen LogP contribution is 2.23. The van der Waals surface area contributed by atoms with Gasteiger partial charge in [0.1, 0.15) is 0 Å². The first kappa shape index (κ1) is 13.5. The van der Waals surface area contributed by atoms with E-state index in [-0.39, 0.29) is 5.91 Å². The number of aromatic nitrogens is 2. The molecule has 1 aromatic carbocycles. The van der Waals surface area contributed by atoms with Crippen LogP contribution >= 0.6 is 11.3 Å². The molecule has 3 rings (SSSR count). The average molecular weight is 298 g/mol. The van der Waals surface area contributed by atoms with Gasteiger partial charge in [-0.1, -0.05) is 30.3 Å². The van der Waals surface area contributed by atoms with Crippen LogP contribution in [0.4, 0.5) is 5.95 Å². The molecule has 0 bridgehead atoms. The number of anilines is 1. The highest BCUT2D eigenvalue weighted by molar-refractivity contribution is 7.17. The van der Waals surface area contributed by atoms with E-state index in [1.807, 2.05) is 41.8 Å². The van der Waals surface area contributed by atoms with Crippen LogP contribution in [-0.4, -0.2) is 22.9 Å². The van der Waals surface area contributed by atoms with Crippen LogP contribution in [0.5, 0.6) is 0 Å². The lowest BCUT2D eigenvalue weighted by molar-refractivity contribution is 0.0960. The van der Waals surface area contributed by atoms with E-state index < -0.39 is 0 Å². The Hall–Kier alpha value is -2.47. The van der Waals surface area contributed by atoms with Gasteiger partial charge in [-0.3, -0.25) is 4.79 Å². The molecule has 0 radical (unpaired) electrons. The van der Waals surface area contributed by atoms with Gasteiger partial charge in [0, 0.05) is 13.6 Å². The third-order valence-electron chi connectivity index (χ3n) is 3.04. The van der Waals surface area contributed by atoms with Crippen molar-refractivity contribution >= 4 is 33.4 Å². The van der Waals surface area contributed by atoms with E-state index in [2.05, 4.69) is 20.6 Å². The third-order valence-corrected chi connectivity index (χ3v) is 3.95. The fourth-order valence-corrected chi connectivity index (χ4v) is 2.81. The molecule has 0 aliphatic carbocycles. The molecule has 5 nitrogen and oxygen atoms in total. The molecule has 0 saturated heterocycles. The summed E-state index contributed by atoms with van der Waals surface area (Å²) in [5, 5.41) is 7.69. The summed E-state index contributed by atoms with van der Waals surface area (Å²) in [6.07, 6.45) is 0. The molecule has 0 aliphatic heterocycles. The van der Waals surface area contributed by atoms with E-state index in [0.29, 0.717) is 18.2 Å². The molecule has 1 amide bonds. The molecule has 2 N–H and O–H groups in total. The lowest BCUT2D eigenvalue weighted by Crippen LogP contribution is -2.20. The summed E-state index contributed by atoms with van der Waals surface area (Å²) in [6, 6.07) is 11.9. The maximum atomic E-state index is 11.9. The molecule has 106 valence electrons. The zero-order chi connectivity index (χ0) is 14.7. The van der Waals surface area contributed by atoms with E-state index in [4.69, 9.17) is 0 Å². The van der Waals surface area contributed by atoms with Crippen LogP contribution in [0.15, 0.2) is 41.8 Å². The van der Waals surface area contributed by atoms with Gasteiger partial charge >= 0.3 is 0 Å². The highest BCUT2D eigenvalue weighted by Gasteiger charge is 2.14. The van der Waals surface area contributed by atoms with E-state index in [1.165, 1.54) is 11.3 Å². The highest BCUT2D eigenvalue weighted by atomic mass is 32.1. The molecular formula is C15H14N4OS. The fourth-order valence-electron chi connectivity index (χ4n) is 1.99. The number of thiophene rings is 1. The Morgan fingerprint density at radius 2 is 2.00 bits per heavy atom. The van der Waals surface area contributed by atoms with E-state index in [0.717, 1.165) is 15.8 Å².